The third-order valence-electron chi connectivity index (χ3n) is 8.74. The Hall–Kier alpha value is -3.15. The van der Waals surface area contributed by atoms with E-state index < -0.39 is 6.10 Å². The number of carbonyl (C=O) groups excluding carboxylic acids is 3. The Bertz CT molecular complexity index is 1030. The molecule has 0 radical (unpaired) electrons. The van der Waals surface area contributed by atoms with E-state index in [9.17, 15) is 14.4 Å². The molecule has 0 aromatic heterocycles. The van der Waals surface area contributed by atoms with E-state index in [2.05, 4.69) is 93.7 Å². The summed E-state index contributed by atoms with van der Waals surface area (Å²) in [6.45, 7) is 6.27. The zero-order valence-corrected chi connectivity index (χ0v) is 34.3. The van der Waals surface area contributed by atoms with Crippen molar-refractivity contribution in [2.24, 2.45) is 0 Å². The summed E-state index contributed by atoms with van der Waals surface area (Å²) in [6, 6.07) is 0. The molecule has 0 saturated heterocycles. The second-order valence-electron chi connectivity index (χ2n) is 13.9. The molecule has 0 aliphatic heterocycles. The topological polar surface area (TPSA) is 78.9 Å². The van der Waals surface area contributed by atoms with Gasteiger partial charge in [0.05, 0.1) is 0 Å². The van der Waals surface area contributed by atoms with Gasteiger partial charge in [0.2, 0.25) is 0 Å². The molecule has 0 amide bonds. The van der Waals surface area contributed by atoms with E-state index in [4.69, 9.17) is 14.2 Å². The van der Waals surface area contributed by atoms with E-state index in [1.165, 1.54) is 51.4 Å². The fraction of sp³-hybridized carbons (Fsp3) is 0.681. The van der Waals surface area contributed by atoms with Crippen LogP contribution in [0.5, 0.6) is 0 Å². The summed E-state index contributed by atoms with van der Waals surface area (Å²) in [5.41, 5.74) is 0. The van der Waals surface area contributed by atoms with Gasteiger partial charge in [-0.25, -0.2) is 0 Å². The van der Waals surface area contributed by atoms with Crippen LogP contribution in [0.4, 0.5) is 0 Å². The summed E-state index contributed by atoms with van der Waals surface area (Å²) in [4.78, 5) is 37.6. The van der Waals surface area contributed by atoms with Gasteiger partial charge >= 0.3 is 17.9 Å². The van der Waals surface area contributed by atoms with Crippen molar-refractivity contribution in [3.05, 3.63) is 72.9 Å². The summed E-state index contributed by atoms with van der Waals surface area (Å²) in [5, 5.41) is 0. The molecule has 0 bridgehead atoms. The molecule has 0 heterocycles. The van der Waals surface area contributed by atoms with Crippen molar-refractivity contribution in [2.45, 2.75) is 194 Å². The van der Waals surface area contributed by atoms with Crippen LogP contribution in [0, 0.1) is 0 Å². The molecule has 0 fully saturated rings. The van der Waals surface area contributed by atoms with E-state index in [1.54, 1.807) is 0 Å². The maximum atomic E-state index is 12.7. The van der Waals surface area contributed by atoms with Crippen LogP contribution < -0.4 is 0 Å². The maximum Gasteiger partial charge on any atom is 0.306 e. The SMILES string of the molecule is CC\C=C/C=C\C=C/CCCCCCCCCC(=O)OCC(COC(=O)CCCC/C=C\C/C=C\CC)OC(=O)CCCCCCC/C=C\CCCC. The highest BCUT2D eigenvalue weighted by molar-refractivity contribution is 5.71. The minimum absolute atomic E-state index is 0.0966. The molecule has 1 atom stereocenters. The first-order valence-corrected chi connectivity index (χ1v) is 21.5. The number of hydrogen-bond acceptors (Lipinski definition) is 6. The van der Waals surface area contributed by atoms with Gasteiger partial charge in [-0.3, -0.25) is 14.4 Å². The lowest BCUT2D eigenvalue weighted by Crippen LogP contribution is -2.30. The summed E-state index contributed by atoms with van der Waals surface area (Å²) in [6.07, 6.45) is 50.4. The lowest BCUT2D eigenvalue weighted by Gasteiger charge is -2.18. The minimum Gasteiger partial charge on any atom is -0.462 e. The predicted octanol–water partition coefficient (Wildman–Crippen LogP) is 13.5. The highest BCUT2D eigenvalue weighted by Crippen LogP contribution is 2.13. The van der Waals surface area contributed by atoms with Crippen LogP contribution in [-0.4, -0.2) is 37.2 Å². The van der Waals surface area contributed by atoms with Gasteiger partial charge in [-0.15, -0.1) is 0 Å². The van der Waals surface area contributed by atoms with Crippen molar-refractivity contribution >= 4 is 17.9 Å². The number of hydrogen-bond donors (Lipinski definition) is 0. The van der Waals surface area contributed by atoms with Crippen LogP contribution in [0.2, 0.25) is 0 Å². The van der Waals surface area contributed by atoms with Crippen LogP contribution >= 0.6 is 0 Å². The average Bonchev–Trinajstić information content (AvgIpc) is 3.15. The molecule has 0 aliphatic carbocycles. The van der Waals surface area contributed by atoms with Gasteiger partial charge in [-0.05, 0) is 83.5 Å². The number of carbonyl (C=O) groups is 3. The average molecular weight is 739 g/mol. The van der Waals surface area contributed by atoms with E-state index in [1.807, 2.05) is 0 Å². The fourth-order valence-electron chi connectivity index (χ4n) is 5.52. The highest BCUT2D eigenvalue weighted by atomic mass is 16.6. The smallest absolute Gasteiger partial charge is 0.306 e. The van der Waals surface area contributed by atoms with Crippen molar-refractivity contribution in [1.82, 2.24) is 0 Å². The molecule has 0 aromatic rings. The fourth-order valence-corrected chi connectivity index (χ4v) is 5.52. The van der Waals surface area contributed by atoms with E-state index in [0.29, 0.717) is 19.3 Å². The third kappa shape index (κ3) is 39.9. The largest absolute Gasteiger partial charge is 0.462 e. The monoisotopic (exact) mass is 739 g/mol. The first-order valence-electron chi connectivity index (χ1n) is 21.5. The number of ether oxygens (including phenoxy) is 3. The van der Waals surface area contributed by atoms with E-state index >= 15 is 0 Å². The Morgan fingerprint density at radius 3 is 1.40 bits per heavy atom. The Kier molecular flexibility index (Phi) is 39.1. The zero-order chi connectivity index (χ0) is 38.7. The normalized spacial score (nSPS) is 12.7. The van der Waals surface area contributed by atoms with Crippen LogP contribution in [0.25, 0.3) is 0 Å². The summed E-state index contributed by atoms with van der Waals surface area (Å²) in [5.74, 6) is -0.965. The Morgan fingerprint density at radius 2 is 0.830 bits per heavy atom. The molecule has 6 heteroatoms. The van der Waals surface area contributed by atoms with Crippen molar-refractivity contribution in [1.29, 1.82) is 0 Å². The molecule has 53 heavy (non-hydrogen) atoms. The second kappa shape index (κ2) is 41.6. The molecule has 0 N–H and O–H groups in total. The molecular formula is C47H78O6. The Balaban J connectivity index is 4.41. The highest BCUT2D eigenvalue weighted by Gasteiger charge is 2.19. The molecule has 302 valence electrons. The number of esters is 3. The lowest BCUT2D eigenvalue weighted by molar-refractivity contribution is -0.167. The number of allylic oxidation sites excluding steroid dienone is 12. The lowest BCUT2D eigenvalue weighted by atomic mass is 10.1. The molecule has 1 unspecified atom stereocenters. The third-order valence-corrected chi connectivity index (χ3v) is 8.74. The molecule has 0 spiro atoms. The van der Waals surface area contributed by atoms with Gasteiger partial charge in [0.1, 0.15) is 13.2 Å². The quantitative estimate of drug-likeness (QED) is 0.0208. The standard InChI is InChI=1S/C47H78O6/c1-4-7-10-13-16-19-21-22-23-24-26-28-31-34-37-40-46(49)52-43-44(42-51-45(48)39-36-33-30-27-18-15-12-9-6-3)53-47(50)41-38-35-32-29-25-20-17-14-11-8-5-2/h7,9-10,12-14,16-19,21,27,44H,4-6,8,11,15,20,22-26,28-43H2,1-3H3/b10-7-,12-9-,16-13-,17-14-,21-19-,27-18-. The molecule has 0 saturated carbocycles. The van der Waals surface area contributed by atoms with Crippen LogP contribution in [0.3, 0.4) is 0 Å². The van der Waals surface area contributed by atoms with Gasteiger partial charge in [-0.1, -0.05) is 158 Å². The molecule has 0 aromatic carbocycles. The van der Waals surface area contributed by atoms with Crippen LogP contribution in [-0.2, 0) is 28.6 Å². The first-order chi connectivity index (χ1) is 26.0. The summed E-state index contributed by atoms with van der Waals surface area (Å²) < 4.78 is 16.6. The van der Waals surface area contributed by atoms with Crippen molar-refractivity contribution < 1.29 is 28.6 Å². The molecule has 0 rings (SSSR count). The van der Waals surface area contributed by atoms with Crippen LogP contribution in [0.15, 0.2) is 72.9 Å². The minimum atomic E-state index is -0.794. The van der Waals surface area contributed by atoms with Gasteiger partial charge in [0, 0.05) is 19.3 Å². The Morgan fingerprint density at radius 1 is 0.415 bits per heavy atom. The van der Waals surface area contributed by atoms with Gasteiger partial charge in [0.15, 0.2) is 6.10 Å². The zero-order valence-electron chi connectivity index (χ0n) is 34.3. The predicted molar refractivity (Wildman–Crippen MR) is 224 cm³/mol. The van der Waals surface area contributed by atoms with Crippen molar-refractivity contribution in [3.63, 3.8) is 0 Å². The van der Waals surface area contributed by atoms with E-state index in [0.717, 1.165) is 96.3 Å². The molecule has 6 nitrogen and oxygen atoms in total. The summed E-state index contributed by atoms with van der Waals surface area (Å²) >= 11 is 0. The van der Waals surface area contributed by atoms with E-state index in [-0.39, 0.29) is 31.1 Å². The molecule has 0 aliphatic rings. The maximum absolute atomic E-state index is 12.7. The first kappa shape index (κ1) is 49.9. The van der Waals surface area contributed by atoms with Gasteiger partial charge < -0.3 is 14.2 Å². The van der Waals surface area contributed by atoms with Crippen LogP contribution in [0.1, 0.15) is 188 Å². The number of rotatable bonds is 37. The van der Waals surface area contributed by atoms with Crippen molar-refractivity contribution in [3.8, 4) is 0 Å². The number of unbranched alkanes of at least 4 members (excludes halogenated alkanes) is 16. The van der Waals surface area contributed by atoms with Crippen molar-refractivity contribution in [2.75, 3.05) is 13.2 Å². The Labute approximate surface area is 325 Å². The summed E-state index contributed by atoms with van der Waals surface area (Å²) in [7, 11) is 0. The second-order valence-corrected chi connectivity index (χ2v) is 13.9. The van der Waals surface area contributed by atoms with Gasteiger partial charge in [-0.2, -0.15) is 0 Å². The van der Waals surface area contributed by atoms with Gasteiger partial charge in [0.25, 0.3) is 0 Å². The molecular weight excluding hydrogens is 661 g/mol.